The Morgan fingerprint density at radius 3 is 2.25 bits per heavy atom. The molecule has 1 N–H and O–H groups in total. The minimum absolute atomic E-state index is 0.166. The molecule has 28 heavy (non-hydrogen) atoms. The van der Waals surface area contributed by atoms with E-state index in [4.69, 9.17) is 4.74 Å². The van der Waals surface area contributed by atoms with Gasteiger partial charge in [0.05, 0.1) is 25.3 Å². The molecule has 0 aliphatic carbocycles. The maximum absolute atomic E-state index is 12.8. The summed E-state index contributed by atoms with van der Waals surface area (Å²) in [6, 6.07) is 15.1. The molecule has 0 aromatic heterocycles. The molecule has 2 aliphatic heterocycles. The summed E-state index contributed by atoms with van der Waals surface area (Å²) in [7, 11) is 0. The second kappa shape index (κ2) is 8.02. The van der Waals surface area contributed by atoms with Gasteiger partial charge in [0, 0.05) is 24.5 Å². The first kappa shape index (κ1) is 18.5. The third-order valence-corrected chi connectivity index (χ3v) is 5.33. The zero-order valence-corrected chi connectivity index (χ0v) is 16.1. The van der Waals surface area contributed by atoms with E-state index in [1.807, 2.05) is 48.5 Å². The van der Waals surface area contributed by atoms with Gasteiger partial charge >= 0.3 is 0 Å². The summed E-state index contributed by atoms with van der Waals surface area (Å²) < 4.78 is 5.39. The number of nitrogens with one attached hydrogen (secondary N) is 1. The summed E-state index contributed by atoms with van der Waals surface area (Å²) in [5, 5.41) is 3.22. The first-order chi connectivity index (χ1) is 13.7. The molecule has 6 heteroatoms. The number of carbonyl (C=O) groups is 2. The topological polar surface area (TPSA) is 61.9 Å². The Hall–Kier alpha value is -2.86. The average molecular weight is 379 g/mol. The zero-order chi connectivity index (χ0) is 19.5. The number of ether oxygens (including phenoxy) is 1. The number of amides is 2. The number of anilines is 3. The second-order valence-electron chi connectivity index (χ2n) is 7.13. The quantitative estimate of drug-likeness (QED) is 0.810. The predicted octanol–water partition coefficient (Wildman–Crippen LogP) is 2.83. The monoisotopic (exact) mass is 379 g/mol. The van der Waals surface area contributed by atoms with Crippen molar-refractivity contribution in [2.24, 2.45) is 0 Å². The zero-order valence-electron chi connectivity index (χ0n) is 16.1. The van der Waals surface area contributed by atoms with Crippen LogP contribution in [0.15, 0.2) is 48.5 Å². The van der Waals surface area contributed by atoms with Gasteiger partial charge in [-0.15, -0.1) is 0 Å². The lowest BCUT2D eigenvalue weighted by atomic mass is 10.1. The van der Waals surface area contributed by atoms with Crippen LogP contribution in [-0.2, 0) is 20.7 Å². The first-order valence-corrected chi connectivity index (χ1v) is 9.81. The van der Waals surface area contributed by atoms with Crippen LogP contribution in [0.3, 0.4) is 0 Å². The third kappa shape index (κ3) is 3.73. The van der Waals surface area contributed by atoms with Crippen molar-refractivity contribution in [1.82, 2.24) is 0 Å². The smallest absolute Gasteiger partial charge is 0.256 e. The number of aryl methyl sites for hydroxylation is 1. The van der Waals surface area contributed by atoms with Gasteiger partial charge in [-0.25, -0.2) is 4.90 Å². The number of nitrogens with zero attached hydrogens (tertiary/aromatic N) is 2. The lowest BCUT2D eigenvalue weighted by Gasteiger charge is -2.29. The second-order valence-corrected chi connectivity index (χ2v) is 7.13. The van der Waals surface area contributed by atoms with E-state index in [0.29, 0.717) is 5.69 Å². The molecule has 2 saturated heterocycles. The van der Waals surface area contributed by atoms with Crippen molar-refractivity contribution < 1.29 is 14.3 Å². The van der Waals surface area contributed by atoms with E-state index in [9.17, 15) is 9.59 Å². The molecule has 0 saturated carbocycles. The van der Waals surface area contributed by atoms with Crippen LogP contribution in [0.5, 0.6) is 0 Å². The Morgan fingerprint density at radius 1 is 0.964 bits per heavy atom. The molecule has 2 aliphatic rings. The number of hydrogen-bond donors (Lipinski definition) is 1. The molecule has 0 bridgehead atoms. The third-order valence-electron chi connectivity index (χ3n) is 5.33. The van der Waals surface area contributed by atoms with Crippen molar-refractivity contribution in [3.8, 4) is 0 Å². The van der Waals surface area contributed by atoms with Crippen LogP contribution in [0.25, 0.3) is 0 Å². The lowest BCUT2D eigenvalue weighted by Crippen LogP contribution is -2.36. The molecule has 1 atom stereocenters. The number of rotatable bonds is 5. The number of hydrogen-bond acceptors (Lipinski definition) is 5. The van der Waals surface area contributed by atoms with Crippen molar-refractivity contribution in [3.05, 3.63) is 54.1 Å². The van der Waals surface area contributed by atoms with E-state index in [-0.39, 0.29) is 18.2 Å². The van der Waals surface area contributed by atoms with Gasteiger partial charge in [-0.3, -0.25) is 9.59 Å². The van der Waals surface area contributed by atoms with E-state index < -0.39 is 6.04 Å². The van der Waals surface area contributed by atoms with Crippen LogP contribution in [0.2, 0.25) is 0 Å². The van der Waals surface area contributed by atoms with Crippen LogP contribution in [0.4, 0.5) is 17.1 Å². The van der Waals surface area contributed by atoms with Gasteiger partial charge in [0.15, 0.2) is 0 Å². The van der Waals surface area contributed by atoms with Crippen molar-refractivity contribution in [2.75, 3.05) is 41.4 Å². The van der Waals surface area contributed by atoms with Gasteiger partial charge in [0.25, 0.3) is 5.91 Å². The largest absolute Gasteiger partial charge is 0.378 e. The van der Waals surface area contributed by atoms with Gasteiger partial charge in [0.2, 0.25) is 5.91 Å². The summed E-state index contributed by atoms with van der Waals surface area (Å²) in [6.07, 6.45) is 1.09. The molecule has 2 aromatic rings. The molecule has 6 nitrogen and oxygen atoms in total. The van der Waals surface area contributed by atoms with Gasteiger partial charge in [-0.2, -0.15) is 0 Å². The Balaban J connectivity index is 1.43. The van der Waals surface area contributed by atoms with Gasteiger partial charge in [-0.05, 0) is 48.4 Å². The van der Waals surface area contributed by atoms with E-state index in [1.54, 1.807) is 0 Å². The fourth-order valence-corrected chi connectivity index (χ4v) is 3.69. The molecular weight excluding hydrogens is 354 g/mol. The summed E-state index contributed by atoms with van der Waals surface area (Å²) in [6.45, 7) is 5.33. The molecule has 2 amide bonds. The lowest BCUT2D eigenvalue weighted by molar-refractivity contribution is -0.121. The molecule has 146 valence electrons. The maximum atomic E-state index is 12.8. The molecule has 2 heterocycles. The van der Waals surface area contributed by atoms with Gasteiger partial charge in [0.1, 0.15) is 6.04 Å². The molecular formula is C22H25N3O3. The fraction of sp³-hybridized carbons (Fsp3) is 0.364. The maximum Gasteiger partial charge on any atom is 0.256 e. The van der Waals surface area contributed by atoms with E-state index in [0.717, 1.165) is 44.1 Å². The number of benzene rings is 2. The minimum Gasteiger partial charge on any atom is -0.378 e. The van der Waals surface area contributed by atoms with Crippen LogP contribution >= 0.6 is 0 Å². The molecule has 0 radical (unpaired) electrons. The van der Waals surface area contributed by atoms with Crippen molar-refractivity contribution in [1.29, 1.82) is 0 Å². The van der Waals surface area contributed by atoms with Crippen molar-refractivity contribution in [2.45, 2.75) is 25.8 Å². The Bertz CT molecular complexity index is 842. The van der Waals surface area contributed by atoms with Gasteiger partial charge < -0.3 is 15.0 Å². The highest BCUT2D eigenvalue weighted by molar-refractivity contribution is 6.23. The van der Waals surface area contributed by atoms with Crippen molar-refractivity contribution in [3.63, 3.8) is 0 Å². The van der Waals surface area contributed by atoms with Gasteiger partial charge in [-0.1, -0.05) is 19.1 Å². The predicted molar refractivity (Wildman–Crippen MR) is 110 cm³/mol. The van der Waals surface area contributed by atoms with E-state index >= 15 is 0 Å². The van der Waals surface area contributed by atoms with Crippen LogP contribution < -0.4 is 15.1 Å². The molecule has 2 aromatic carbocycles. The SMILES string of the molecule is CCc1ccc(N2C(=O)CC(Nc3ccc(N4CCOCC4)cc3)C2=O)cc1. The van der Waals surface area contributed by atoms with Crippen LogP contribution in [-0.4, -0.2) is 44.2 Å². The molecule has 2 fully saturated rings. The van der Waals surface area contributed by atoms with Crippen LogP contribution in [0.1, 0.15) is 18.9 Å². The number of imide groups is 1. The molecule has 4 rings (SSSR count). The summed E-state index contributed by atoms with van der Waals surface area (Å²) >= 11 is 0. The summed E-state index contributed by atoms with van der Waals surface area (Å²) in [4.78, 5) is 28.8. The van der Waals surface area contributed by atoms with E-state index in [1.165, 1.54) is 10.5 Å². The molecule has 1 unspecified atom stereocenters. The number of carbonyl (C=O) groups excluding carboxylic acids is 2. The fourth-order valence-electron chi connectivity index (χ4n) is 3.69. The summed E-state index contributed by atoms with van der Waals surface area (Å²) in [5.41, 5.74) is 3.80. The highest BCUT2D eigenvalue weighted by Gasteiger charge is 2.39. The minimum atomic E-state index is -0.535. The Labute approximate surface area is 165 Å². The standard InChI is InChI=1S/C22H25N3O3/c1-2-16-3-7-19(8-4-16)25-21(26)15-20(22(25)27)23-17-5-9-18(10-6-17)24-11-13-28-14-12-24/h3-10,20,23H,2,11-15H2,1H3. The first-order valence-electron chi connectivity index (χ1n) is 9.81. The average Bonchev–Trinajstić information content (AvgIpc) is 3.02. The normalized spacial score (nSPS) is 20.0. The van der Waals surface area contributed by atoms with E-state index in [2.05, 4.69) is 17.1 Å². The number of morpholine rings is 1. The Kier molecular flexibility index (Phi) is 5.30. The van der Waals surface area contributed by atoms with Crippen molar-refractivity contribution >= 4 is 28.9 Å². The Morgan fingerprint density at radius 2 is 1.61 bits per heavy atom. The summed E-state index contributed by atoms with van der Waals surface area (Å²) in [5.74, 6) is -0.372. The highest BCUT2D eigenvalue weighted by Crippen LogP contribution is 2.26. The highest BCUT2D eigenvalue weighted by atomic mass is 16.5. The van der Waals surface area contributed by atoms with Crippen LogP contribution in [0, 0.1) is 0 Å². The molecule has 0 spiro atoms.